The Morgan fingerprint density at radius 2 is 1.77 bits per heavy atom. The van der Waals surface area contributed by atoms with Gasteiger partial charge in [0.1, 0.15) is 11.6 Å². The summed E-state index contributed by atoms with van der Waals surface area (Å²) in [5.74, 6) is -1.32. The topological polar surface area (TPSA) is 58.6 Å². The van der Waals surface area contributed by atoms with Crippen LogP contribution in [0.4, 0.5) is 10.1 Å². The van der Waals surface area contributed by atoms with Gasteiger partial charge in [0.15, 0.2) is 5.78 Å². The van der Waals surface area contributed by atoms with Crippen LogP contribution < -0.4 is 10.1 Å². The van der Waals surface area contributed by atoms with E-state index in [1.165, 1.54) is 31.4 Å². The molecule has 5 nitrogen and oxygen atoms in total. The second kappa shape index (κ2) is 10.5. The average Bonchev–Trinajstić information content (AvgIpc) is 3.26. The number of hydrogen-bond donors (Lipinski definition) is 1. The molecule has 0 spiro atoms. The normalized spacial score (nSPS) is 12.9. The highest BCUT2D eigenvalue weighted by Gasteiger charge is 2.23. The maximum atomic E-state index is 15.0. The highest BCUT2D eigenvalue weighted by Crippen LogP contribution is 2.31. The third-order valence-corrected chi connectivity index (χ3v) is 6.33. The van der Waals surface area contributed by atoms with Crippen LogP contribution in [0.5, 0.6) is 5.75 Å². The van der Waals surface area contributed by atoms with Crippen LogP contribution in [0.3, 0.4) is 0 Å². The van der Waals surface area contributed by atoms with Crippen molar-refractivity contribution in [3.05, 3.63) is 98.8 Å². The van der Waals surface area contributed by atoms with Gasteiger partial charge in [-0.15, -0.1) is 0 Å². The number of hydrogen-bond acceptors (Lipinski definition) is 4. The number of anilines is 1. The molecule has 1 aliphatic rings. The summed E-state index contributed by atoms with van der Waals surface area (Å²) in [6, 6.07) is 14.2. The molecule has 1 aliphatic heterocycles. The number of rotatable bonds is 7. The van der Waals surface area contributed by atoms with E-state index in [4.69, 9.17) is 27.9 Å². The number of amides is 1. The molecule has 3 aromatic carbocycles. The first-order chi connectivity index (χ1) is 16.8. The number of halogens is 3. The molecule has 0 atom stereocenters. The number of nitrogens with one attached hydrogen (secondary N) is 1. The predicted molar refractivity (Wildman–Crippen MR) is 137 cm³/mol. The van der Waals surface area contributed by atoms with Gasteiger partial charge >= 0.3 is 0 Å². The van der Waals surface area contributed by atoms with Crippen LogP contribution in [0.1, 0.15) is 38.3 Å². The number of ketones is 1. The van der Waals surface area contributed by atoms with E-state index in [0.717, 1.165) is 18.7 Å². The predicted octanol–water partition coefficient (Wildman–Crippen LogP) is 6.50. The zero-order valence-electron chi connectivity index (χ0n) is 19.2. The molecule has 3 aromatic rings. The molecule has 1 amide bonds. The third kappa shape index (κ3) is 5.50. The van der Waals surface area contributed by atoms with Crippen LogP contribution in [0, 0.1) is 5.82 Å². The lowest BCUT2D eigenvalue weighted by Gasteiger charge is -2.17. The lowest BCUT2D eigenvalue weighted by molar-refractivity contribution is 0.0987. The van der Waals surface area contributed by atoms with Crippen molar-refractivity contribution in [3.8, 4) is 5.75 Å². The van der Waals surface area contributed by atoms with Gasteiger partial charge in [0.2, 0.25) is 0 Å². The van der Waals surface area contributed by atoms with Gasteiger partial charge in [-0.05, 0) is 55.0 Å². The van der Waals surface area contributed by atoms with E-state index in [-0.39, 0.29) is 28.3 Å². The molecule has 35 heavy (non-hydrogen) atoms. The summed E-state index contributed by atoms with van der Waals surface area (Å²) in [5, 5.41) is 3.56. The second-order valence-corrected chi connectivity index (χ2v) is 9.06. The Labute approximate surface area is 213 Å². The lowest BCUT2D eigenvalue weighted by atomic mass is 9.96. The maximum absolute atomic E-state index is 15.0. The summed E-state index contributed by atoms with van der Waals surface area (Å²) in [7, 11) is 3.36. The number of methoxy groups -OCH3 is 1. The van der Waals surface area contributed by atoms with Crippen molar-refractivity contribution in [1.29, 1.82) is 0 Å². The molecular formula is C27H23Cl2FN2O3. The van der Waals surface area contributed by atoms with Crippen LogP contribution in [-0.4, -0.2) is 37.3 Å². The van der Waals surface area contributed by atoms with E-state index in [2.05, 4.69) is 5.32 Å². The highest BCUT2D eigenvalue weighted by molar-refractivity contribution is 6.31. The van der Waals surface area contributed by atoms with Gasteiger partial charge in [-0.25, -0.2) is 4.39 Å². The van der Waals surface area contributed by atoms with Crippen LogP contribution in [-0.2, 0) is 6.42 Å². The highest BCUT2D eigenvalue weighted by atomic mass is 35.5. The Morgan fingerprint density at radius 3 is 2.40 bits per heavy atom. The van der Waals surface area contributed by atoms with E-state index < -0.39 is 17.5 Å². The summed E-state index contributed by atoms with van der Waals surface area (Å²) in [5.41, 5.74) is 2.58. The number of carbonyl (C=O) groups is 2. The fraction of sp³-hybridized carbons (Fsp3) is 0.185. The number of ether oxygens (including phenoxy) is 1. The molecule has 0 saturated carbocycles. The van der Waals surface area contributed by atoms with Crippen LogP contribution in [0.15, 0.2) is 60.7 Å². The monoisotopic (exact) mass is 512 g/mol. The fourth-order valence-corrected chi connectivity index (χ4v) is 4.41. The number of carbonyl (C=O) groups excluding carboxylic acids is 2. The Hall–Kier alpha value is -3.35. The Balaban J connectivity index is 1.63. The second-order valence-electron chi connectivity index (χ2n) is 8.19. The number of Topliss-reactive ketones (excluding diaryl/α,β-unsaturated/α-hetero) is 1. The molecule has 0 fully saturated rings. The average molecular weight is 513 g/mol. The molecule has 1 N–H and O–H groups in total. The molecular weight excluding hydrogens is 490 g/mol. The van der Waals surface area contributed by atoms with Crippen molar-refractivity contribution in [3.63, 3.8) is 0 Å². The molecule has 4 rings (SSSR count). The van der Waals surface area contributed by atoms with Crippen LogP contribution >= 0.6 is 23.2 Å². The van der Waals surface area contributed by atoms with Crippen molar-refractivity contribution >= 4 is 46.3 Å². The summed E-state index contributed by atoms with van der Waals surface area (Å²) in [4.78, 5) is 28.3. The zero-order valence-corrected chi connectivity index (χ0v) is 20.7. The van der Waals surface area contributed by atoms with Gasteiger partial charge in [-0.2, -0.15) is 0 Å². The smallest absolute Gasteiger partial charge is 0.256 e. The van der Waals surface area contributed by atoms with Gasteiger partial charge in [-0.1, -0.05) is 35.3 Å². The van der Waals surface area contributed by atoms with Gasteiger partial charge in [0.05, 0.1) is 12.7 Å². The SMILES string of the molecule is COc1cc(Cl)cc(C(=O)Nc2ccc(Cl)cc2)c1CC(=O)c1ccc(C2=CCCN2C)cc1F. The lowest BCUT2D eigenvalue weighted by Crippen LogP contribution is -2.17. The Morgan fingerprint density at radius 1 is 1.03 bits per heavy atom. The Kier molecular flexibility index (Phi) is 7.43. The van der Waals surface area contributed by atoms with E-state index >= 15 is 4.39 Å². The molecule has 0 saturated heterocycles. The molecule has 0 bridgehead atoms. The maximum Gasteiger partial charge on any atom is 0.256 e. The van der Waals surface area contributed by atoms with Gasteiger partial charge in [0.25, 0.3) is 5.91 Å². The fourth-order valence-electron chi connectivity index (χ4n) is 4.08. The van der Waals surface area contributed by atoms with E-state index in [1.54, 1.807) is 30.3 Å². The van der Waals surface area contributed by atoms with Gasteiger partial charge in [-0.3, -0.25) is 9.59 Å². The van der Waals surface area contributed by atoms with E-state index in [1.807, 2.05) is 18.0 Å². The van der Waals surface area contributed by atoms with E-state index in [0.29, 0.717) is 21.8 Å². The van der Waals surface area contributed by atoms with Crippen molar-refractivity contribution in [2.45, 2.75) is 12.8 Å². The molecule has 8 heteroatoms. The van der Waals surface area contributed by atoms with Crippen LogP contribution in [0.2, 0.25) is 10.0 Å². The molecule has 0 aliphatic carbocycles. The number of nitrogens with zero attached hydrogens (tertiary/aromatic N) is 1. The summed E-state index contributed by atoms with van der Waals surface area (Å²) in [6.45, 7) is 0.870. The Bertz CT molecular complexity index is 1320. The molecule has 180 valence electrons. The summed E-state index contributed by atoms with van der Waals surface area (Å²) < 4.78 is 20.4. The van der Waals surface area contributed by atoms with Gasteiger partial charge in [0, 0.05) is 58.1 Å². The number of benzene rings is 3. The minimum Gasteiger partial charge on any atom is -0.496 e. The van der Waals surface area contributed by atoms with Crippen molar-refractivity contribution < 1.29 is 18.7 Å². The van der Waals surface area contributed by atoms with E-state index in [9.17, 15) is 9.59 Å². The standard InChI is InChI=1S/C27H23Cl2FN2O3/c1-32-11-3-4-24(32)16-5-10-20(23(30)12-16)25(33)15-21-22(13-18(29)14-26(21)35-2)27(34)31-19-8-6-17(28)7-9-19/h4-10,12-14H,3,11,15H2,1-2H3,(H,31,34). The first kappa shape index (κ1) is 24.8. The third-order valence-electron chi connectivity index (χ3n) is 5.86. The van der Waals surface area contributed by atoms with Crippen molar-refractivity contribution in [1.82, 2.24) is 4.90 Å². The first-order valence-electron chi connectivity index (χ1n) is 10.9. The molecule has 1 heterocycles. The molecule has 0 radical (unpaired) electrons. The summed E-state index contributed by atoms with van der Waals surface area (Å²) in [6.07, 6.45) is 2.69. The van der Waals surface area contributed by atoms with Gasteiger partial charge < -0.3 is 15.0 Å². The summed E-state index contributed by atoms with van der Waals surface area (Å²) >= 11 is 12.1. The molecule has 0 unspecified atom stereocenters. The zero-order chi connectivity index (χ0) is 25.1. The van der Waals surface area contributed by atoms with Crippen molar-refractivity contribution in [2.75, 3.05) is 26.0 Å². The quantitative estimate of drug-likeness (QED) is 0.367. The molecule has 0 aromatic heterocycles. The van der Waals surface area contributed by atoms with Crippen LogP contribution in [0.25, 0.3) is 5.70 Å². The van der Waals surface area contributed by atoms with Crippen molar-refractivity contribution in [2.24, 2.45) is 0 Å². The minimum absolute atomic E-state index is 0.0592. The first-order valence-corrected chi connectivity index (χ1v) is 11.7. The largest absolute Gasteiger partial charge is 0.496 e. The minimum atomic E-state index is -0.617.